The molecule has 9 heavy (non-hydrogen) atoms. The second-order valence-corrected chi connectivity index (χ2v) is 1.96. The first kappa shape index (κ1) is 8.33. The van der Waals surface area contributed by atoms with Crippen molar-refractivity contribution in [2.24, 2.45) is 0 Å². The molecular formula is C6H12N2O. The van der Waals surface area contributed by atoms with E-state index in [0.29, 0.717) is 12.1 Å². The van der Waals surface area contributed by atoms with Crippen molar-refractivity contribution in [1.82, 2.24) is 5.48 Å². The smallest absolute Gasteiger partial charge is 0.0346 e. The normalized spacial score (nSPS) is 12.7. The van der Waals surface area contributed by atoms with E-state index in [0.717, 1.165) is 0 Å². The Labute approximate surface area is 54.9 Å². The first-order valence-electron chi connectivity index (χ1n) is 2.80. The molecule has 0 bridgehead atoms. The molecule has 0 rings (SSSR count). The van der Waals surface area contributed by atoms with Gasteiger partial charge in [0.1, 0.15) is 0 Å². The molecule has 0 spiro atoms. The summed E-state index contributed by atoms with van der Waals surface area (Å²) in [5.74, 6) is 0. The standard InChI is InChI=1S/C6H12N2O/c1-3-6(7)4-5(2)8-9/h3,5,7-9H,1,4H2,2H3. The first-order valence-corrected chi connectivity index (χ1v) is 2.80. The summed E-state index contributed by atoms with van der Waals surface area (Å²) in [6.07, 6.45) is 1.98. The molecule has 3 heteroatoms. The highest BCUT2D eigenvalue weighted by atomic mass is 16.5. The molecule has 0 heterocycles. The second-order valence-electron chi connectivity index (χ2n) is 1.96. The Balaban J connectivity index is 3.46. The molecular weight excluding hydrogens is 116 g/mol. The van der Waals surface area contributed by atoms with E-state index in [1.807, 2.05) is 5.48 Å². The van der Waals surface area contributed by atoms with Crippen LogP contribution in [-0.4, -0.2) is 17.0 Å². The topological polar surface area (TPSA) is 56.1 Å². The summed E-state index contributed by atoms with van der Waals surface area (Å²) >= 11 is 0. The SMILES string of the molecule is C=CC(=N)CC(C)NO. The number of hydrogen-bond donors (Lipinski definition) is 3. The largest absolute Gasteiger partial charge is 0.317 e. The van der Waals surface area contributed by atoms with E-state index in [1.165, 1.54) is 6.08 Å². The molecule has 3 N–H and O–H groups in total. The zero-order valence-electron chi connectivity index (χ0n) is 5.52. The summed E-state index contributed by atoms with van der Waals surface area (Å²) in [7, 11) is 0. The predicted molar refractivity (Wildman–Crippen MR) is 36.9 cm³/mol. The summed E-state index contributed by atoms with van der Waals surface area (Å²) < 4.78 is 0. The van der Waals surface area contributed by atoms with E-state index in [9.17, 15) is 0 Å². The van der Waals surface area contributed by atoms with Crippen LogP contribution in [0.4, 0.5) is 0 Å². The summed E-state index contributed by atoms with van der Waals surface area (Å²) in [4.78, 5) is 0. The Kier molecular flexibility index (Phi) is 3.92. The molecule has 0 aliphatic carbocycles. The highest BCUT2D eigenvalue weighted by molar-refractivity contribution is 5.92. The van der Waals surface area contributed by atoms with E-state index in [4.69, 9.17) is 10.6 Å². The van der Waals surface area contributed by atoms with Gasteiger partial charge in [-0.15, -0.1) is 0 Å². The Morgan fingerprint density at radius 2 is 2.56 bits per heavy atom. The molecule has 0 aliphatic rings. The molecule has 52 valence electrons. The monoisotopic (exact) mass is 128 g/mol. The van der Waals surface area contributed by atoms with Gasteiger partial charge in [0.2, 0.25) is 0 Å². The van der Waals surface area contributed by atoms with Crippen molar-refractivity contribution < 1.29 is 5.21 Å². The minimum atomic E-state index is -0.0597. The zero-order chi connectivity index (χ0) is 7.28. The van der Waals surface area contributed by atoms with Gasteiger partial charge in [-0.05, 0) is 13.0 Å². The average Bonchev–Trinajstić information content (AvgIpc) is 1.87. The highest BCUT2D eigenvalue weighted by Crippen LogP contribution is 1.90. The Morgan fingerprint density at radius 3 is 2.89 bits per heavy atom. The van der Waals surface area contributed by atoms with Crippen molar-refractivity contribution in [1.29, 1.82) is 5.41 Å². The lowest BCUT2D eigenvalue weighted by atomic mass is 10.2. The lowest BCUT2D eigenvalue weighted by molar-refractivity contribution is 0.135. The van der Waals surface area contributed by atoms with Gasteiger partial charge < -0.3 is 10.6 Å². The van der Waals surface area contributed by atoms with Crippen molar-refractivity contribution in [2.75, 3.05) is 0 Å². The van der Waals surface area contributed by atoms with Gasteiger partial charge in [-0.25, -0.2) is 5.48 Å². The molecule has 0 aromatic rings. The van der Waals surface area contributed by atoms with Gasteiger partial charge in [0.15, 0.2) is 0 Å². The van der Waals surface area contributed by atoms with Crippen molar-refractivity contribution in [3.63, 3.8) is 0 Å². The van der Waals surface area contributed by atoms with Crippen LogP contribution in [0, 0.1) is 5.41 Å². The molecule has 0 fully saturated rings. The van der Waals surface area contributed by atoms with Crippen molar-refractivity contribution >= 4 is 5.71 Å². The molecule has 1 unspecified atom stereocenters. The highest BCUT2D eigenvalue weighted by Gasteiger charge is 1.99. The van der Waals surface area contributed by atoms with Crippen LogP contribution in [0.5, 0.6) is 0 Å². The molecule has 0 aromatic carbocycles. The van der Waals surface area contributed by atoms with Crippen molar-refractivity contribution in [2.45, 2.75) is 19.4 Å². The number of nitrogens with one attached hydrogen (secondary N) is 2. The fourth-order valence-corrected chi connectivity index (χ4v) is 0.459. The molecule has 0 saturated heterocycles. The fraction of sp³-hybridized carbons (Fsp3) is 0.500. The fourth-order valence-electron chi connectivity index (χ4n) is 0.459. The van der Waals surface area contributed by atoms with Crippen LogP contribution in [0.2, 0.25) is 0 Å². The van der Waals surface area contributed by atoms with E-state index in [1.54, 1.807) is 6.92 Å². The van der Waals surface area contributed by atoms with Gasteiger partial charge in [-0.3, -0.25) is 0 Å². The average molecular weight is 128 g/mol. The van der Waals surface area contributed by atoms with Crippen LogP contribution in [0.1, 0.15) is 13.3 Å². The van der Waals surface area contributed by atoms with Crippen LogP contribution in [0.15, 0.2) is 12.7 Å². The number of rotatable bonds is 4. The Hall–Kier alpha value is -0.670. The maximum atomic E-state index is 8.30. The lowest BCUT2D eigenvalue weighted by Gasteiger charge is -2.05. The minimum Gasteiger partial charge on any atom is -0.317 e. The van der Waals surface area contributed by atoms with Crippen LogP contribution in [0.3, 0.4) is 0 Å². The Morgan fingerprint density at radius 1 is 2.00 bits per heavy atom. The van der Waals surface area contributed by atoms with Gasteiger partial charge in [0, 0.05) is 18.2 Å². The van der Waals surface area contributed by atoms with Crippen LogP contribution < -0.4 is 5.48 Å². The summed E-state index contributed by atoms with van der Waals surface area (Å²) in [6.45, 7) is 5.20. The number of allylic oxidation sites excluding steroid dienone is 1. The van der Waals surface area contributed by atoms with E-state index < -0.39 is 0 Å². The van der Waals surface area contributed by atoms with E-state index in [2.05, 4.69) is 6.58 Å². The van der Waals surface area contributed by atoms with Crippen LogP contribution >= 0.6 is 0 Å². The molecule has 0 aliphatic heterocycles. The van der Waals surface area contributed by atoms with Gasteiger partial charge >= 0.3 is 0 Å². The second kappa shape index (κ2) is 4.23. The van der Waals surface area contributed by atoms with Gasteiger partial charge in [-0.1, -0.05) is 6.58 Å². The summed E-state index contributed by atoms with van der Waals surface area (Å²) in [5, 5.41) is 15.4. The maximum absolute atomic E-state index is 8.30. The lowest BCUT2D eigenvalue weighted by Crippen LogP contribution is -2.24. The van der Waals surface area contributed by atoms with E-state index >= 15 is 0 Å². The van der Waals surface area contributed by atoms with Crippen LogP contribution in [-0.2, 0) is 0 Å². The molecule has 3 nitrogen and oxygen atoms in total. The van der Waals surface area contributed by atoms with Gasteiger partial charge in [0.05, 0.1) is 0 Å². The third-order valence-corrected chi connectivity index (χ3v) is 0.993. The van der Waals surface area contributed by atoms with Gasteiger partial charge in [0.25, 0.3) is 0 Å². The number of hydrogen-bond acceptors (Lipinski definition) is 3. The zero-order valence-corrected chi connectivity index (χ0v) is 5.52. The first-order chi connectivity index (χ1) is 4.20. The third kappa shape index (κ3) is 3.88. The molecule has 0 amide bonds. The van der Waals surface area contributed by atoms with Crippen molar-refractivity contribution in [3.8, 4) is 0 Å². The Bertz CT molecular complexity index is 112. The number of hydroxylamine groups is 1. The molecule has 0 radical (unpaired) electrons. The van der Waals surface area contributed by atoms with Crippen LogP contribution in [0.25, 0.3) is 0 Å². The summed E-state index contributed by atoms with van der Waals surface area (Å²) in [6, 6.07) is -0.0597. The minimum absolute atomic E-state index is 0.0597. The molecule has 0 saturated carbocycles. The molecule has 0 aromatic heterocycles. The van der Waals surface area contributed by atoms with Crippen molar-refractivity contribution in [3.05, 3.63) is 12.7 Å². The van der Waals surface area contributed by atoms with E-state index in [-0.39, 0.29) is 6.04 Å². The maximum Gasteiger partial charge on any atom is 0.0346 e. The van der Waals surface area contributed by atoms with Gasteiger partial charge in [-0.2, -0.15) is 0 Å². The third-order valence-electron chi connectivity index (χ3n) is 0.993. The predicted octanol–water partition coefficient (Wildman–Crippen LogP) is 0.950. The quantitative estimate of drug-likeness (QED) is 0.390. The summed E-state index contributed by atoms with van der Waals surface area (Å²) in [5.41, 5.74) is 2.48. The molecule has 1 atom stereocenters.